The van der Waals surface area contributed by atoms with E-state index in [0.717, 1.165) is 16.1 Å². The molecule has 3 N–H and O–H groups in total. The quantitative estimate of drug-likeness (QED) is 0.458. The smallest absolute Gasteiger partial charge is 0.273 e. The molecular weight excluding hydrogens is 414 g/mol. The molecule has 3 aromatic carbocycles. The highest BCUT2D eigenvalue weighted by atomic mass is 32.2. The number of aromatic nitrogens is 2. The van der Waals surface area contributed by atoms with Gasteiger partial charge in [-0.25, -0.2) is 18.4 Å². The molecule has 2 heterocycles. The Bertz CT molecular complexity index is 1360. The van der Waals surface area contributed by atoms with Crippen molar-refractivity contribution in [1.82, 2.24) is 19.8 Å². The van der Waals surface area contributed by atoms with E-state index in [-0.39, 0.29) is 4.90 Å². The fourth-order valence-electron chi connectivity index (χ4n) is 3.54. The van der Waals surface area contributed by atoms with Crippen LogP contribution in [0, 0.1) is 6.92 Å². The lowest BCUT2D eigenvalue weighted by atomic mass is 10.1. The van der Waals surface area contributed by atoms with Crippen LogP contribution in [0.4, 0.5) is 5.69 Å². The van der Waals surface area contributed by atoms with Gasteiger partial charge in [0.1, 0.15) is 0 Å². The molecular formula is C22H19N5O3S. The molecule has 1 aliphatic heterocycles. The predicted octanol–water partition coefficient (Wildman–Crippen LogP) is 3.33. The van der Waals surface area contributed by atoms with E-state index in [1.54, 1.807) is 36.4 Å². The van der Waals surface area contributed by atoms with Gasteiger partial charge in [-0.15, -0.1) is 4.83 Å². The number of aromatic amines is 1. The summed E-state index contributed by atoms with van der Waals surface area (Å²) in [7, 11) is -4.01. The zero-order valence-corrected chi connectivity index (χ0v) is 17.3. The van der Waals surface area contributed by atoms with Gasteiger partial charge >= 0.3 is 0 Å². The van der Waals surface area contributed by atoms with Crippen molar-refractivity contribution in [2.24, 2.45) is 0 Å². The number of fused-ring (bicyclic) bond motifs is 2. The zero-order valence-electron chi connectivity index (χ0n) is 16.5. The van der Waals surface area contributed by atoms with Crippen molar-refractivity contribution in [1.29, 1.82) is 0 Å². The number of carbonyl (C=O) groups is 1. The Balaban J connectivity index is 1.59. The maximum Gasteiger partial charge on any atom is 0.273 e. The lowest BCUT2D eigenvalue weighted by molar-refractivity contribution is 0.0625. The standard InChI is InChI=1S/C22H19N5O3S/c1-14-10-12-15(13-11-14)31(29,30)26-27-21(20-23-18-8-4-5-9-19(18)24-20)25-17-7-3-2-6-16(17)22(27)28/h2-13,21,25-26H,1H3,(H,23,24)/t21-/m0/s1. The molecule has 1 atom stereocenters. The number of benzene rings is 3. The van der Waals surface area contributed by atoms with Crippen LogP contribution in [0.15, 0.2) is 77.7 Å². The number of nitrogens with zero attached hydrogens (tertiary/aromatic N) is 2. The van der Waals surface area contributed by atoms with Gasteiger partial charge < -0.3 is 10.3 Å². The fourth-order valence-corrected chi connectivity index (χ4v) is 4.59. The van der Waals surface area contributed by atoms with E-state index < -0.39 is 22.1 Å². The number of hydrazine groups is 1. The van der Waals surface area contributed by atoms with Crippen molar-refractivity contribution >= 4 is 32.7 Å². The molecule has 0 saturated carbocycles. The number of sulfonamides is 1. The normalized spacial score (nSPS) is 16.2. The Kier molecular flexibility index (Phi) is 4.49. The first-order chi connectivity index (χ1) is 14.9. The van der Waals surface area contributed by atoms with Gasteiger partial charge in [-0.1, -0.05) is 42.0 Å². The summed E-state index contributed by atoms with van der Waals surface area (Å²) in [6.45, 7) is 1.87. The van der Waals surface area contributed by atoms with Gasteiger partial charge in [-0.3, -0.25) is 4.79 Å². The number of anilines is 1. The maximum atomic E-state index is 13.3. The molecule has 5 rings (SSSR count). The molecule has 31 heavy (non-hydrogen) atoms. The Morgan fingerprint density at radius 3 is 2.45 bits per heavy atom. The number of rotatable bonds is 4. The van der Waals surface area contributed by atoms with Crippen LogP contribution in [-0.4, -0.2) is 29.3 Å². The van der Waals surface area contributed by atoms with E-state index in [1.165, 1.54) is 12.1 Å². The highest BCUT2D eigenvalue weighted by Crippen LogP contribution is 2.32. The first kappa shape index (κ1) is 19.3. The summed E-state index contributed by atoms with van der Waals surface area (Å²) < 4.78 is 26.1. The average molecular weight is 433 g/mol. The minimum absolute atomic E-state index is 0.0631. The van der Waals surface area contributed by atoms with Gasteiger partial charge in [-0.2, -0.15) is 0 Å². The van der Waals surface area contributed by atoms with E-state index >= 15 is 0 Å². The minimum atomic E-state index is -4.01. The van der Waals surface area contributed by atoms with E-state index in [9.17, 15) is 13.2 Å². The van der Waals surface area contributed by atoms with Crippen molar-refractivity contribution in [3.8, 4) is 0 Å². The Morgan fingerprint density at radius 2 is 1.68 bits per heavy atom. The highest BCUT2D eigenvalue weighted by Gasteiger charge is 2.37. The molecule has 0 spiro atoms. The van der Waals surface area contributed by atoms with Gasteiger partial charge in [0.15, 0.2) is 12.0 Å². The van der Waals surface area contributed by atoms with E-state index in [1.807, 2.05) is 31.2 Å². The molecule has 9 heteroatoms. The fraction of sp³-hybridized carbons (Fsp3) is 0.0909. The minimum Gasteiger partial charge on any atom is -0.357 e. The monoisotopic (exact) mass is 433 g/mol. The van der Waals surface area contributed by atoms with Crippen LogP contribution < -0.4 is 10.1 Å². The molecule has 0 bridgehead atoms. The van der Waals surface area contributed by atoms with E-state index in [4.69, 9.17) is 0 Å². The number of para-hydroxylation sites is 3. The Hall–Kier alpha value is -3.69. The Morgan fingerprint density at radius 1 is 0.968 bits per heavy atom. The number of hydrogen-bond acceptors (Lipinski definition) is 5. The molecule has 1 aliphatic rings. The number of H-pyrrole nitrogens is 1. The number of carbonyl (C=O) groups excluding carboxylic acids is 1. The van der Waals surface area contributed by atoms with Gasteiger partial charge in [-0.05, 0) is 43.3 Å². The topological polar surface area (TPSA) is 107 Å². The first-order valence-electron chi connectivity index (χ1n) is 9.65. The second-order valence-electron chi connectivity index (χ2n) is 7.31. The van der Waals surface area contributed by atoms with E-state index in [2.05, 4.69) is 20.1 Å². The predicted molar refractivity (Wildman–Crippen MR) is 117 cm³/mol. The highest BCUT2D eigenvalue weighted by molar-refractivity contribution is 7.89. The molecule has 0 unspecified atom stereocenters. The van der Waals surface area contributed by atoms with Crippen molar-refractivity contribution in [3.63, 3.8) is 0 Å². The number of hydrogen-bond donors (Lipinski definition) is 3. The number of aryl methyl sites for hydroxylation is 1. The third-order valence-electron chi connectivity index (χ3n) is 5.14. The van der Waals surface area contributed by atoms with Crippen LogP contribution in [-0.2, 0) is 10.0 Å². The molecule has 8 nitrogen and oxygen atoms in total. The van der Waals surface area contributed by atoms with Gasteiger partial charge in [0.05, 0.1) is 21.5 Å². The van der Waals surface area contributed by atoms with Crippen LogP contribution in [0.1, 0.15) is 27.9 Å². The molecule has 156 valence electrons. The molecule has 1 amide bonds. The second-order valence-corrected chi connectivity index (χ2v) is 8.98. The summed E-state index contributed by atoms with van der Waals surface area (Å²) in [5, 5.41) is 4.29. The van der Waals surface area contributed by atoms with Crippen LogP contribution in [0.5, 0.6) is 0 Å². The SMILES string of the molecule is Cc1ccc(S(=O)(=O)NN2C(=O)c3ccccc3N[C@@H]2c2nc3ccccc3[nH]2)cc1. The molecule has 0 radical (unpaired) electrons. The summed E-state index contributed by atoms with van der Waals surface area (Å²) in [5.74, 6) is -0.0637. The summed E-state index contributed by atoms with van der Waals surface area (Å²) in [6.07, 6.45) is -0.866. The summed E-state index contributed by atoms with van der Waals surface area (Å²) in [5.41, 5.74) is 3.40. The lowest BCUT2D eigenvalue weighted by Gasteiger charge is -2.36. The Labute approximate surface area is 178 Å². The van der Waals surface area contributed by atoms with Crippen molar-refractivity contribution in [2.45, 2.75) is 18.0 Å². The van der Waals surface area contributed by atoms with Crippen LogP contribution in [0.3, 0.4) is 0 Å². The lowest BCUT2D eigenvalue weighted by Crippen LogP contribution is -2.53. The average Bonchev–Trinajstić information content (AvgIpc) is 3.20. The summed E-state index contributed by atoms with van der Waals surface area (Å²) in [6, 6.07) is 20.8. The van der Waals surface area contributed by atoms with Crippen molar-refractivity contribution in [2.75, 3.05) is 5.32 Å². The van der Waals surface area contributed by atoms with Crippen LogP contribution in [0.25, 0.3) is 11.0 Å². The number of imidazole rings is 1. The largest absolute Gasteiger partial charge is 0.357 e. The summed E-state index contributed by atoms with van der Waals surface area (Å²) >= 11 is 0. The zero-order chi connectivity index (χ0) is 21.6. The summed E-state index contributed by atoms with van der Waals surface area (Å²) in [4.78, 5) is 23.5. The second kappa shape index (κ2) is 7.22. The number of nitrogens with one attached hydrogen (secondary N) is 3. The third kappa shape index (κ3) is 3.43. The van der Waals surface area contributed by atoms with Crippen LogP contribution >= 0.6 is 0 Å². The van der Waals surface area contributed by atoms with Crippen LogP contribution in [0.2, 0.25) is 0 Å². The molecule has 0 saturated heterocycles. The molecule has 4 aromatic rings. The van der Waals surface area contributed by atoms with Crippen molar-refractivity contribution < 1.29 is 13.2 Å². The molecule has 0 aliphatic carbocycles. The molecule has 0 fully saturated rings. The number of amides is 1. The first-order valence-corrected chi connectivity index (χ1v) is 11.1. The molecule has 1 aromatic heterocycles. The van der Waals surface area contributed by atoms with Gasteiger partial charge in [0, 0.05) is 5.69 Å². The van der Waals surface area contributed by atoms with Gasteiger partial charge in [0.2, 0.25) is 0 Å². The van der Waals surface area contributed by atoms with Crippen molar-refractivity contribution in [3.05, 3.63) is 89.7 Å². The maximum absolute atomic E-state index is 13.3. The van der Waals surface area contributed by atoms with Gasteiger partial charge in [0.25, 0.3) is 15.9 Å². The third-order valence-corrected chi connectivity index (χ3v) is 6.47. The van der Waals surface area contributed by atoms with E-state index in [0.29, 0.717) is 22.6 Å².